The molecule has 4 aromatic carbocycles. The summed E-state index contributed by atoms with van der Waals surface area (Å²) in [6.07, 6.45) is 2.48. The summed E-state index contributed by atoms with van der Waals surface area (Å²) in [5.41, 5.74) is -2.51. The van der Waals surface area contributed by atoms with E-state index in [2.05, 4.69) is 32.3 Å². The van der Waals surface area contributed by atoms with Gasteiger partial charge in [0.25, 0.3) is 25.8 Å². The maximum atomic E-state index is 14.2. The fourth-order valence-electron chi connectivity index (χ4n) is 9.14. The topological polar surface area (TPSA) is 167 Å². The molecule has 0 radical (unpaired) electrons. The lowest BCUT2D eigenvalue weighted by Crippen LogP contribution is -2.47. The Balaban J connectivity index is 1.00. The third-order valence-electron chi connectivity index (χ3n) is 13.1. The van der Waals surface area contributed by atoms with Gasteiger partial charge in [-0.05, 0) is 130 Å². The van der Waals surface area contributed by atoms with Gasteiger partial charge < -0.3 is 25.0 Å². The zero-order valence-corrected chi connectivity index (χ0v) is 44.7. The SMILES string of the molecule is CC1(CNC(=O)OC(C)(C)C)CCC(c2ccc(Cl)cc2)=C(CN2CCN(c3ccc(C(=O)NS(=O)(=O)c4ccc(N[C@H](CCN5CCOCC5)CSc5ccccc5)c(S(=O)(=O)C(F)(F)F)c4)cc3)CC2)C1. The molecule has 21 heteroatoms. The van der Waals surface area contributed by atoms with E-state index in [0.29, 0.717) is 75.7 Å². The van der Waals surface area contributed by atoms with Gasteiger partial charge in [-0.3, -0.25) is 14.6 Å². The van der Waals surface area contributed by atoms with Gasteiger partial charge in [-0.1, -0.05) is 54.4 Å². The van der Waals surface area contributed by atoms with Crippen molar-refractivity contribution in [1.82, 2.24) is 19.8 Å². The number of morpholine rings is 1. The van der Waals surface area contributed by atoms with Gasteiger partial charge in [-0.2, -0.15) is 13.2 Å². The van der Waals surface area contributed by atoms with Gasteiger partial charge in [0.2, 0.25) is 0 Å². The normalized spacial score (nSPS) is 19.0. The van der Waals surface area contributed by atoms with Crippen molar-refractivity contribution in [2.75, 3.05) is 88.1 Å². The Kier molecular flexibility index (Phi) is 18.2. The third kappa shape index (κ3) is 15.4. The molecule has 2 heterocycles. The van der Waals surface area contributed by atoms with E-state index in [4.69, 9.17) is 21.1 Å². The highest BCUT2D eigenvalue weighted by Crippen LogP contribution is 2.43. The number of sulfonamides is 1. The molecule has 1 unspecified atom stereocenters. The summed E-state index contributed by atoms with van der Waals surface area (Å²) < 4.78 is 109. The van der Waals surface area contributed by atoms with Crippen LogP contribution in [0.5, 0.6) is 0 Å². The lowest BCUT2D eigenvalue weighted by atomic mass is 9.71. The number of alkyl halides is 3. The molecule has 0 saturated carbocycles. The number of nitrogens with one attached hydrogen (secondary N) is 3. The molecule has 4 aromatic rings. The number of allylic oxidation sites excluding steroid dienone is 1. The van der Waals surface area contributed by atoms with E-state index in [-0.39, 0.29) is 11.0 Å². The minimum atomic E-state index is -6.08. The number of benzene rings is 4. The number of carbonyl (C=O) groups is 2. The molecule has 0 aromatic heterocycles. The van der Waals surface area contributed by atoms with Crippen LogP contribution in [-0.4, -0.2) is 134 Å². The Morgan fingerprint density at radius 1 is 0.863 bits per heavy atom. The molecule has 2 fully saturated rings. The van der Waals surface area contributed by atoms with E-state index >= 15 is 0 Å². The van der Waals surface area contributed by atoms with E-state index in [1.807, 2.05) is 80.1 Å². The number of alkyl carbamates (subject to hydrolysis) is 1. The number of hydrogen-bond acceptors (Lipinski definition) is 13. The first-order chi connectivity index (χ1) is 34.5. The van der Waals surface area contributed by atoms with Crippen molar-refractivity contribution < 1.29 is 49.1 Å². The van der Waals surface area contributed by atoms with Crippen LogP contribution >= 0.6 is 23.4 Å². The first-order valence-electron chi connectivity index (χ1n) is 24.3. The van der Waals surface area contributed by atoms with Crippen molar-refractivity contribution in [3.05, 3.63) is 119 Å². The highest BCUT2D eigenvalue weighted by Gasteiger charge is 2.48. The number of hydrogen-bond donors (Lipinski definition) is 3. The third-order valence-corrected chi connectivity index (χ3v) is 17.4. The Labute approximate surface area is 436 Å². The predicted molar refractivity (Wildman–Crippen MR) is 280 cm³/mol. The average Bonchev–Trinajstić information content (AvgIpc) is 3.34. The lowest BCUT2D eigenvalue weighted by Gasteiger charge is -2.41. The monoisotopic (exact) mass is 1090 g/mol. The van der Waals surface area contributed by atoms with Crippen molar-refractivity contribution >= 4 is 72.2 Å². The maximum absolute atomic E-state index is 14.2. The summed E-state index contributed by atoms with van der Waals surface area (Å²) in [4.78, 5) is 31.5. The standard InChI is InChI=1S/C52H64ClF3N6O8S3/c1-50(2,3)70-49(64)57-36-51(4)22-20-45(37-10-14-40(53)15-11-37)39(33-51)34-61-24-26-62(27-25-61)42-16-12-38(13-17-42)48(63)59-73(67,68)44-18-19-46(47(32-44)72(65,66)52(54,55)56)58-41(21-23-60-28-30-69-31-29-60)35-71-43-8-6-5-7-9-43/h5-19,32,41,58H,20-31,33-36H2,1-4H3,(H,57,64)(H,59,63)/t41-,51?/m1/s1. The van der Waals surface area contributed by atoms with E-state index in [1.165, 1.54) is 35.0 Å². The Morgan fingerprint density at radius 3 is 2.18 bits per heavy atom. The minimum Gasteiger partial charge on any atom is -0.444 e. The number of amides is 2. The van der Waals surface area contributed by atoms with Gasteiger partial charge >= 0.3 is 11.6 Å². The zero-order valence-electron chi connectivity index (χ0n) is 41.5. The lowest BCUT2D eigenvalue weighted by molar-refractivity contribution is -0.0436. The van der Waals surface area contributed by atoms with E-state index in [0.717, 1.165) is 67.2 Å². The number of anilines is 2. The second kappa shape index (κ2) is 23.8. The molecular weight excluding hydrogens is 1030 g/mol. The van der Waals surface area contributed by atoms with Crippen LogP contribution in [0.2, 0.25) is 5.02 Å². The van der Waals surface area contributed by atoms with Crippen molar-refractivity contribution in [2.24, 2.45) is 5.41 Å². The second-order valence-electron chi connectivity index (χ2n) is 20.0. The molecule has 1 aliphatic carbocycles. The number of thioether (sulfide) groups is 1. The summed E-state index contributed by atoms with van der Waals surface area (Å²) in [5.74, 6) is -0.695. The number of carbonyl (C=O) groups excluding carboxylic acids is 2. The molecule has 2 aliphatic heterocycles. The molecule has 0 bridgehead atoms. The van der Waals surface area contributed by atoms with Crippen LogP contribution in [0, 0.1) is 5.41 Å². The fraction of sp³-hybridized carbons (Fsp3) is 0.462. The highest BCUT2D eigenvalue weighted by molar-refractivity contribution is 7.99. The summed E-state index contributed by atoms with van der Waals surface area (Å²) >= 11 is 7.69. The quantitative estimate of drug-likeness (QED) is 0.0808. The molecule has 0 spiro atoms. The van der Waals surface area contributed by atoms with Crippen LogP contribution in [0.3, 0.4) is 0 Å². The van der Waals surface area contributed by atoms with Crippen molar-refractivity contribution in [3.63, 3.8) is 0 Å². The van der Waals surface area contributed by atoms with Crippen LogP contribution in [0.4, 0.5) is 29.3 Å². The van der Waals surface area contributed by atoms with E-state index < -0.39 is 64.5 Å². The molecule has 3 N–H and O–H groups in total. The molecule has 396 valence electrons. The van der Waals surface area contributed by atoms with Crippen molar-refractivity contribution in [1.29, 1.82) is 0 Å². The number of piperazine rings is 1. The van der Waals surface area contributed by atoms with Gasteiger partial charge in [-0.25, -0.2) is 26.4 Å². The van der Waals surface area contributed by atoms with Crippen LogP contribution in [-0.2, 0) is 29.3 Å². The number of nitrogens with zero attached hydrogens (tertiary/aromatic N) is 3. The minimum absolute atomic E-state index is 0.0328. The van der Waals surface area contributed by atoms with Crippen LogP contribution in [0.25, 0.3) is 5.57 Å². The van der Waals surface area contributed by atoms with Gasteiger partial charge in [0.15, 0.2) is 0 Å². The van der Waals surface area contributed by atoms with Gasteiger partial charge in [0.1, 0.15) is 10.5 Å². The Hall–Kier alpha value is -4.83. The molecule has 2 amide bonds. The fourth-order valence-corrected chi connectivity index (χ4v) is 12.3. The molecule has 2 saturated heterocycles. The summed E-state index contributed by atoms with van der Waals surface area (Å²) in [5, 5.41) is 6.64. The number of sulfone groups is 1. The second-order valence-corrected chi connectivity index (χ2v) is 25.1. The Bertz CT molecular complexity index is 2800. The predicted octanol–water partition coefficient (Wildman–Crippen LogP) is 9.34. The van der Waals surface area contributed by atoms with Gasteiger partial charge in [-0.15, -0.1) is 11.8 Å². The van der Waals surface area contributed by atoms with E-state index in [9.17, 15) is 39.6 Å². The molecular formula is C52H64ClF3N6O8S3. The zero-order chi connectivity index (χ0) is 52.6. The summed E-state index contributed by atoms with van der Waals surface area (Å²) in [7, 11) is -11.0. The van der Waals surface area contributed by atoms with Crippen LogP contribution in [0.15, 0.2) is 117 Å². The van der Waals surface area contributed by atoms with Crippen LogP contribution in [0.1, 0.15) is 69.3 Å². The molecule has 14 nitrogen and oxygen atoms in total. The number of rotatable bonds is 18. The van der Waals surface area contributed by atoms with Gasteiger partial charge in [0, 0.05) is 91.9 Å². The average molecular weight is 1090 g/mol. The highest BCUT2D eigenvalue weighted by atomic mass is 35.5. The summed E-state index contributed by atoms with van der Waals surface area (Å²) in [6.45, 7) is 14.6. The van der Waals surface area contributed by atoms with Crippen LogP contribution < -0.4 is 20.3 Å². The first-order valence-corrected chi connectivity index (χ1v) is 28.6. The first kappa shape index (κ1) is 55.9. The molecule has 3 aliphatic rings. The maximum Gasteiger partial charge on any atom is 0.501 e. The number of halogens is 4. The molecule has 7 rings (SSSR count). The largest absolute Gasteiger partial charge is 0.501 e. The molecule has 73 heavy (non-hydrogen) atoms. The smallest absolute Gasteiger partial charge is 0.444 e. The summed E-state index contributed by atoms with van der Waals surface area (Å²) in [6, 6.07) is 25.4. The Morgan fingerprint density at radius 2 is 1.53 bits per heavy atom. The van der Waals surface area contributed by atoms with Crippen molar-refractivity contribution in [2.45, 2.75) is 85.2 Å². The van der Waals surface area contributed by atoms with Crippen molar-refractivity contribution in [3.8, 4) is 0 Å². The molecule has 2 atom stereocenters. The number of ether oxygens (including phenoxy) is 2. The van der Waals surface area contributed by atoms with E-state index in [1.54, 1.807) is 12.1 Å². The van der Waals surface area contributed by atoms with Gasteiger partial charge in [0.05, 0.1) is 23.8 Å².